The van der Waals surface area contributed by atoms with Crippen LogP contribution in [0.15, 0.2) is 16.3 Å². The first-order valence-electron chi connectivity index (χ1n) is 7.48. The SMILES string of the molecule is CCN1CCN(S(=O)(=O)c2ccc(CNC(C)C)s2)CC1. The number of likely N-dealkylation sites (N-methyl/N-ethyl adjacent to an activating group) is 1. The molecule has 2 heterocycles. The predicted octanol–water partition coefficient (Wildman–Crippen LogP) is 1.57. The van der Waals surface area contributed by atoms with Gasteiger partial charge in [-0.3, -0.25) is 0 Å². The highest BCUT2D eigenvalue weighted by Gasteiger charge is 2.29. The summed E-state index contributed by atoms with van der Waals surface area (Å²) in [4.78, 5) is 3.34. The van der Waals surface area contributed by atoms with E-state index in [0.29, 0.717) is 23.3 Å². The van der Waals surface area contributed by atoms with Gasteiger partial charge in [-0.15, -0.1) is 11.3 Å². The quantitative estimate of drug-likeness (QED) is 0.860. The Labute approximate surface area is 132 Å². The first-order valence-corrected chi connectivity index (χ1v) is 9.73. The minimum absolute atomic E-state index is 0.397. The lowest BCUT2D eigenvalue weighted by Gasteiger charge is -2.32. The molecule has 0 aromatic carbocycles. The second-order valence-corrected chi connectivity index (χ2v) is 8.93. The number of thiophene rings is 1. The van der Waals surface area contributed by atoms with Crippen molar-refractivity contribution in [3.05, 3.63) is 17.0 Å². The highest BCUT2D eigenvalue weighted by atomic mass is 32.2. The molecule has 0 unspecified atom stereocenters. The predicted molar refractivity (Wildman–Crippen MR) is 87.2 cm³/mol. The maximum Gasteiger partial charge on any atom is 0.252 e. The molecular formula is C14H25N3O2S2. The monoisotopic (exact) mass is 331 g/mol. The molecule has 2 rings (SSSR count). The van der Waals surface area contributed by atoms with E-state index in [0.717, 1.165) is 31.1 Å². The van der Waals surface area contributed by atoms with Crippen molar-refractivity contribution in [3.8, 4) is 0 Å². The van der Waals surface area contributed by atoms with Crippen LogP contribution in [0, 0.1) is 0 Å². The van der Waals surface area contributed by atoms with Crippen LogP contribution < -0.4 is 5.32 Å². The Hall–Kier alpha value is -0.470. The maximum atomic E-state index is 12.6. The molecule has 1 saturated heterocycles. The van der Waals surface area contributed by atoms with Crippen LogP contribution in [-0.4, -0.2) is 56.4 Å². The van der Waals surface area contributed by atoms with Crippen LogP contribution in [0.1, 0.15) is 25.6 Å². The molecule has 1 aliphatic heterocycles. The van der Waals surface area contributed by atoms with E-state index in [4.69, 9.17) is 0 Å². The van der Waals surface area contributed by atoms with Crippen molar-refractivity contribution >= 4 is 21.4 Å². The van der Waals surface area contributed by atoms with Gasteiger partial charge < -0.3 is 10.2 Å². The number of hydrogen-bond acceptors (Lipinski definition) is 5. The second-order valence-electron chi connectivity index (χ2n) is 5.59. The lowest BCUT2D eigenvalue weighted by Crippen LogP contribution is -2.48. The molecule has 0 aliphatic carbocycles. The minimum Gasteiger partial charge on any atom is -0.310 e. The molecule has 1 N–H and O–H groups in total. The van der Waals surface area contributed by atoms with E-state index in [1.165, 1.54) is 11.3 Å². The average Bonchev–Trinajstić information content (AvgIpc) is 2.95. The third-order valence-corrected chi connectivity index (χ3v) is 7.15. The van der Waals surface area contributed by atoms with Crippen LogP contribution in [0.3, 0.4) is 0 Å². The Morgan fingerprint density at radius 3 is 2.48 bits per heavy atom. The number of nitrogens with zero attached hydrogens (tertiary/aromatic N) is 2. The largest absolute Gasteiger partial charge is 0.310 e. The molecule has 1 aromatic rings. The summed E-state index contributed by atoms with van der Waals surface area (Å²) in [6.45, 7) is 10.8. The van der Waals surface area contributed by atoms with Gasteiger partial charge in [0.1, 0.15) is 4.21 Å². The standard InChI is InChI=1S/C14H25N3O2S2/c1-4-16-7-9-17(10-8-16)21(18,19)14-6-5-13(20-14)11-15-12(2)3/h5-6,12,15H,4,7-11H2,1-3H3. The highest BCUT2D eigenvalue weighted by Crippen LogP contribution is 2.25. The van der Waals surface area contributed by atoms with Crippen LogP contribution in [0.2, 0.25) is 0 Å². The Morgan fingerprint density at radius 1 is 1.24 bits per heavy atom. The lowest BCUT2D eigenvalue weighted by molar-refractivity contribution is 0.196. The Morgan fingerprint density at radius 2 is 1.90 bits per heavy atom. The Balaban J connectivity index is 2.03. The number of nitrogens with one attached hydrogen (secondary N) is 1. The summed E-state index contributed by atoms with van der Waals surface area (Å²) in [5.74, 6) is 0. The fourth-order valence-corrected chi connectivity index (χ4v) is 5.19. The van der Waals surface area contributed by atoms with Crippen molar-refractivity contribution in [3.63, 3.8) is 0 Å². The van der Waals surface area contributed by atoms with Gasteiger partial charge in [-0.1, -0.05) is 20.8 Å². The molecule has 0 saturated carbocycles. The molecule has 120 valence electrons. The third kappa shape index (κ3) is 4.26. The van der Waals surface area contributed by atoms with Crippen molar-refractivity contribution in [1.29, 1.82) is 0 Å². The van der Waals surface area contributed by atoms with Crippen molar-refractivity contribution in [2.24, 2.45) is 0 Å². The van der Waals surface area contributed by atoms with Crippen LogP contribution in [-0.2, 0) is 16.6 Å². The molecule has 1 fully saturated rings. The van der Waals surface area contributed by atoms with E-state index in [-0.39, 0.29) is 0 Å². The normalized spacial score (nSPS) is 18.5. The van der Waals surface area contributed by atoms with Crippen LogP contribution in [0.25, 0.3) is 0 Å². The molecular weight excluding hydrogens is 306 g/mol. The van der Waals surface area contributed by atoms with Gasteiger partial charge in [0, 0.05) is 43.6 Å². The summed E-state index contributed by atoms with van der Waals surface area (Å²) < 4.78 is 27.3. The Bertz CT molecular complexity index is 546. The summed E-state index contributed by atoms with van der Waals surface area (Å²) in [5, 5.41) is 3.31. The van der Waals surface area contributed by atoms with E-state index < -0.39 is 10.0 Å². The number of rotatable bonds is 6. The van der Waals surface area contributed by atoms with E-state index in [1.54, 1.807) is 10.4 Å². The summed E-state index contributed by atoms with van der Waals surface area (Å²) in [6, 6.07) is 4.05. The molecule has 7 heteroatoms. The van der Waals surface area contributed by atoms with Gasteiger partial charge in [-0.05, 0) is 18.7 Å². The fraction of sp³-hybridized carbons (Fsp3) is 0.714. The minimum atomic E-state index is -3.31. The van der Waals surface area contributed by atoms with Gasteiger partial charge in [-0.25, -0.2) is 8.42 Å². The van der Waals surface area contributed by atoms with Gasteiger partial charge in [0.15, 0.2) is 0 Å². The van der Waals surface area contributed by atoms with Gasteiger partial charge in [0.05, 0.1) is 0 Å². The molecule has 1 aliphatic rings. The average molecular weight is 332 g/mol. The van der Waals surface area contributed by atoms with Gasteiger partial charge in [0.25, 0.3) is 10.0 Å². The Kier molecular flexibility index (Phi) is 5.79. The zero-order chi connectivity index (χ0) is 15.5. The van der Waals surface area contributed by atoms with Gasteiger partial charge in [-0.2, -0.15) is 4.31 Å². The van der Waals surface area contributed by atoms with Crippen molar-refractivity contribution in [2.75, 3.05) is 32.7 Å². The topological polar surface area (TPSA) is 52.7 Å². The third-order valence-electron chi connectivity index (χ3n) is 3.69. The number of sulfonamides is 1. The van der Waals surface area contributed by atoms with Crippen molar-refractivity contribution < 1.29 is 8.42 Å². The summed E-state index contributed by atoms with van der Waals surface area (Å²) >= 11 is 1.38. The maximum absolute atomic E-state index is 12.6. The zero-order valence-corrected chi connectivity index (χ0v) is 14.6. The smallest absolute Gasteiger partial charge is 0.252 e. The molecule has 0 bridgehead atoms. The first kappa shape index (κ1) is 16.9. The molecule has 5 nitrogen and oxygen atoms in total. The van der Waals surface area contributed by atoms with E-state index in [2.05, 4.69) is 31.0 Å². The van der Waals surface area contributed by atoms with Crippen LogP contribution >= 0.6 is 11.3 Å². The highest BCUT2D eigenvalue weighted by molar-refractivity contribution is 7.91. The van der Waals surface area contributed by atoms with E-state index in [1.807, 2.05) is 6.07 Å². The zero-order valence-electron chi connectivity index (χ0n) is 13.0. The van der Waals surface area contributed by atoms with Crippen molar-refractivity contribution in [1.82, 2.24) is 14.5 Å². The molecule has 0 spiro atoms. The molecule has 0 radical (unpaired) electrons. The lowest BCUT2D eigenvalue weighted by atomic mass is 10.4. The van der Waals surface area contributed by atoms with Gasteiger partial charge >= 0.3 is 0 Å². The molecule has 21 heavy (non-hydrogen) atoms. The molecule has 0 amide bonds. The van der Waals surface area contributed by atoms with Crippen LogP contribution in [0.4, 0.5) is 0 Å². The first-order chi connectivity index (χ1) is 9.93. The van der Waals surface area contributed by atoms with Crippen molar-refractivity contribution in [2.45, 2.75) is 37.6 Å². The summed E-state index contributed by atoms with van der Waals surface area (Å²) in [6.07, 6.45) is 0. The van der Waals surface area contributed by atoms with E-state index in [9.17, 15) is 8.42 Å². The summed E-state index contributed by atoms with van der Waals surface area (Å²) in [5.41, 5.74) is 0. The van der Waals surface area contributed by atoms with Crippen LogP contribution in [0.5, 0.6) is 0 Å². The second kappa shape index (κ2) is 7.19. The summed E-state index contributed by atoms with van der Waals surface area (Å²) in [7, 11) is -3.31. The van der Waals surface area contributed by atoms with Gasteiger partial charge in [0.2, 0.25) is 0 Å². The molecule has 1 aromatic heterocycles. The van der Waals surface area contributed by atoms with E-state index >= 15 is 0 Å². The number of hydrogen-bond donors (Lipinski definition) is 1. The fourth-order valence-electron chi connectivity index (χ4n) is 2.31. The number of piperazine rings is 1. The molecule has 0 atom stereocenters.